The van der Waals surface area contributed by atoms with Crippen molar-refractivity contribution in [3.8, 4) is 17.7 Å². The Morgan fingerprint density at radius 1 is 1.11 bits per heavy atom. The van der Waals surface area contributed by atoms with E-state index in [9.17, 15) is 0 Å². The largest absolute Gasteiger partial charge is 0.436 e. The Morgan fingerprint density at radius 3 is 2.95 bits per heavy atom. The molecule has 0 bridgehead atoms. The van der Waals surface area contributed by atoms with E-state index >= 15 is 0 Å². The van der Waals surface area contributed by atoms with E-state index in [1.165, 1.54) is 6.20 Å². The third kappa shape index (κ3) is 2.19. The van der Waals surface area contributed by atoms with Gasteiger partial charge in [-0.2, -0.15) is 10.4 Å². The van der Waals surface area contributed by atoms with Gasteiger partial charge in [0, 0.05) is 17.6 Å². The molecule has 3 aromatic rings. The first-order valence-corrected chi connectivity index (χ1v) is 5.61. The fourth-order valence-corrected chi connectivity index (χ4v) is 1.70. The van der Waals surface area contributed by atoms with Crippen molar-refractivity contribution in [2.75, 3.05) is 0 Å². The molecule has 0 spiro atoms. The average molecular weight is 248 g/mol. The van der Waals surface area contributed by atoms with Crippen LogP contribution in [0.1, 0.15) is 5.56 Å². The molecule has 90 valence electrons. The minimum Gasteiger partial charge on any atom is -0.436 e. The van der Waals surface area contributed by atoms with Crippen LogP contribution >= 0.6 is 0 Å². The van der Waals surface area contributed by atoms with Crippen molar-refractivity contribution in [1.29, 1.82) is 5.26 Å². The van der Waals surface area contributed by atoms with Crippen LogP contribution in [0.5, 0.6) is 11.6 Å². The lowest BCUT2D eigenvalue weighted by Crippen LogP contribution is -1.93. The Kier molecular flexibility index (Phi) is 2.75. The molecule has 19 heavy (non-hydrogen) atoms. The summed E-state index contributed by atoms with van der Waals surface area (Å²) in [6, 6.07) is 12.9. The first kappa shape index (κ1) is 11.1. The predicted octanol–water partition coefficient (Wildman–Crippen LogP) is 2.69. The molecule has 0 saturated heterocycles. The number of nitriles is 1. The molecular weight excluding hydrogens is 240 g/mol. The average Bonchev–Trinajstić information content (AvgIpc) is 2.48. The molecule has 0 saturated carbocycles. The quantitative estimate of drug-likeness (QED) is 0.697. The number of pyridine rings is 1. The minimum absolute atomic E-state index is 0.195. The van der Waals surface area contributed by atoms with Crippen LogP contribution in [0.2, 0.25) is 0 Å². The number of ether oxygens (including phenoxy) is 1. The lowest BCUT2D eigenvalue weighted by atomic mass is 10.2. The second-order valence-corrected chi connectivity index (χ2v) is 3.82. The van der Waals surface area contributed by atoms with Crippen molar-refractivity contribution in [3.05, 3.63) is 54.4 Å². The lowest BCUT2D eigenvalue weighted by molar-refractivity contribution is 0.454. The summed E-state index contributed by atoms with van der Waals surface area (Å²) in [6.07, 6.45) is 3.17. The summed E-state index contributed by atoms with van der Waals surface area (Å²) in [5, 5.41) is 17.5. The monoisotopic (exact) mass is 248 g/mol. The van der Waals surface area contributed by atoms with Gasteiger partial charge in [-0.15, -0.1) is 5.10 Å². The molecule has 0 unspecified atom stereocenters. The van der Waals surface area contributed by atoms with E-state index in [0.717, 1.165) is 10.9 Å². The van der Waals surface area contributed by atoms with E-state index < -0.39 is 0 Å². The Bertz CT molecular complexity index is 779. The molecule has 0 amide bonds. The van der Waals surface area contributed by atoms with Crippen LogP contribution in [-0.4, -0.2) is 15.2 Å². The van der Waals surface area contributed by atoms with Gasteiger partial charge in [0.2, 0.25) is 0 Å². The second kappa shape index (κ2) is 4.70. The SMILES string of the molecule is N#Cc1ccnnc1Oc1ccc2cccnc2c1. The molecule has 0 N–H and O–H groups in total. The Labute approximate surface area is 109 Å². The summed E-state index contributed by atoms with van der Waals surface area (Å²) in [6.45, 7) is 0. The van der Waals surface area contributed by atoms with Crippen LogP contribution in [0.3, 0.4) is 0 Å². The first-order valence-electron chi connectivity index (χ1n) is 5.61. The Hall–Kier alpha value is -3.00. The summed E-state index contributed by atoms with van der Waals surface area (Å²) in [4.78, 5) is 4.25. The number of nitrogens with zero attached hydrogens (tertiary/aromatic N) is 4. The van der Waals surface area contributed by atoms with Crippen molar-refractivity contribution in [1.82, 2.24) is 15.2 Å². The highest BCUT2D eigenvalue weighted by molar-refractivity contribution is 5.79. The van der Waals surface area contributed by atoms with E-state index in [1.54, 1.807) is 24.4 Å². The molecule has 0 radical (unpaired) electrons. The van der Waals surface area contributed by atoms with Crippen LogP contribution in [0.15, 0.2) is 48.8 Å². The normalized spacial score (nSPS) is 10.1. The topological polar surface area (TPSA) is 71.7 Å². The van der Waals surface area contributed by atoms with Gasteiger partial charge in [-0.05, 0) is 24.3 Å². The highest BCUT2D eigenvalue weighted by Gasteiger charge is 2.06. The number of fused-ring (bicyclic) bond motifs is 1. The molecule has 0 atom stereocenters. The fraction of sp³-hybridized carbons (Fsp3) is 0. The summed E-state index contributed by atoms with van der Waals surface area (Å²) >= 11 is 0. The summed E-state index contributed by atoms with van der Waals surface area (Å²) in [5.41, 5.74) is 1.17. The number of aromatic nitrogens is 3. The van der Waals surface area contributed by atoms with Gasteiger partial charge in [0.15, 0.2) is 0 Å². The van der Waals surface area contributed by atoms with Crippen molar-refractivity contribution >= 4 is 10.9 Å². The molecule has 5 nitrogen and oxygen atoms in total. The molecule has 1 aromatic carbocycles. The molecule has 0 aliphatic rings. The van der Waals surface area contributed by atoms with Crippen molar-refractivity contribution in [2.45, 2.75) is 0 Å². The molecule has 3 rings (SSSR count). The predicted molar refractivity (Wildman–Crippen MR) is 68.6 cm³/mol. The van der Waals surface area contributed by atoms with E-state index in [0.29, 0.717) is 11.3 Å². The van der Waals surface area contributed by atoms with Gasteiger partial charge in [-0.3, -0.25) is 4.98 Å². The zero-order valence-electron chi connectivity index (χ0n) is 9.82. The molecule has 0 aliphatic carbocycles. The van der Waals surface area contributed by atoms with Gasteiger partial charge in [0.05, 0.1) is 11.7 Å². The number of benzene rings is 1. The molecule has 5 heteroatoms. The van der Waals surface area contributed by atoms with Crippen molar-refractivity contribution in [3.63, 3.8) is 0 Å². The second-order valence-electron chi connectivity index (χ2n) is 3.82. The minimum atomic E-state index is 0.195. The van der Waals surface area contributed by atoms with Crippen molar-refractivity contribution in [2.24, 2.45) is 0 Å². The van der Waals surface area contributed by atoms with Crippen LogP contribution in [0.25, 0.3) is 10.9 Å². The standard InChI is InChI=1S/C14H8N4O/c15-9-11-5-7-17-18-14(11)19-12-4-3-10-2-1-6-16-13(10)8-12/h1-8H. The summed E-state index contributed by atoms with van der Waals surface area (Å²) in [7, 11) is 0. The van der Waals surface area contributed by atoms with Crippen LogP contribution in [0, 0.1) is 11.3 Å². The maximum atomic E-state index is 8.96. The van der Waals surface area contributed by atoms with Crippen LogP contribution in [0.4, 0.5) is 0 Å². The van der Waals surface area contributed by atoms with Crippen LogP contribution < -0.4 is 4.74 Å². The first-order chi connectivity index (χ1) is 9.36. The third-order valence-electron chi connectivity index (χ3n) is 2.60. The van der Waals surface area contributed by atoms with Gasteiger partial charge in [0.25, 0.3) is 5.88 Å². The smallest absolute Gasteiger partial charge is 0.256 e. The van der Waals surface area contributed by atoms with E-state index in [-0.39, 0.29) is 5.88 Å². The Morgan fingerprint density at radius 2 is 2.05 bits per heavy atom. The molecular formula is C14H8N4O. The molecule has 2 heterocycles. The highest BCUT2D eigenvalue weighted by atomic mass is 16.5. The highest BCUT2D eigenvalue weighted by Crippen LogP contribution is 2.24. The van der Waals surface area contributed by atoms with Gasteiger partial charge in [0.1, 0.15) is 17.4 Å². The van der Waals surface area contributed by atoms with Gasteiger partial charge in [-0.25, -0.2) is 0 Å². The maximum Gasteiger partial charge on any atom is 0.256 e. The maximum absolute atomic E-state index is 8.96. The Balaban J connectivity index is 1.99. The van der Waals surface area contributed by atoms with E-state index in [4.69, 9.17) is 10.00 Å². The van der Waals surface area contributed by atoms with E-state index in [2.05, 4.69) is 15.2 Å². The van der Waals surface area contributed by atoms with Gasteiger partial charge < -0.3 is 4.74 Å². The van der Waals surface area contributed by atoms with Gasteiger partial charge in [-0.1, -0.05) is 6.07 Å². The van der Waals surface area contributed by atoms with E-state index in [1.807, 2.05) is 24.3 Å². The number of hydrogen-bond acceptors (Lipinski definition) is 5. The summed E-state index contributed by atoms with van der Waals surface area (Å²) < 4.78 is 5.57. The lowest BCUT2D eigenvalue weighted by Gasteiger charge is -2.05. The third-order valence-corrected chi connectivity index (χ3v) is 2.60. The van der Waals surface area contributed by atoms with Gasteiger partial charge >= 0.3 is 0 Å². The fourth-order valence-electron chi connectivity index (χ4n) is 1.70. The van der Waals surface area contributed by atoms with Crippen LogP contribution in [-0.2, 0) is 0 Å². The van der Waals surface area contributed by atoms with Crippen molar-refractivity contribution < 1.29 is 4.74 Å². The summed E-state index contributed by atoms with van der Waals surface area (Å²) in [5.74, 6) is 0.767. The zero-order valence-corrected chi connectivity index (χ0v) is 9.82. The molecule has 0 aliphatic heterocycles. The molecule has 0 fully saturated rings. The molecule has 2 aromatic heterocycles. The zero-order chi connectivity index (χ0) is 13.1. The number of rotatable bonds is 2. The number of hydrogen-bond donors (Lipinski definition) is 0.